The molecule has 8 heteroatoms. The molecular formula is C21H20FN3O3S. The molecule has 2 aromatic heterocycles. The van der Waals surface area contributed by atoms with Crippen molar-refractivity contribution in [1.29, 1.82) is 0 Å². The Labute approximate surface area is 167 Å². The van der Waals surface area contributed by atoms with Gasteiger partial charge < -0.3 is 9.30 Å². The highest BCUT2D eigenvalue weighted by molar-refractivity contribution is 7.91. The van der Waals surface area contributed by atoms with E-state index >= 15 is 0 Å². The Bertz CT molecular complexity index is 1320. The molecule has 0 atom stereocenters. The summed E-state index contributed by atoms with van der Waals surface area (Å²) in [5.41, 5.74) is 3.03. The zero-order valence-electron chi connectivity index (χ0n) is 15.9. The lowest BCUT2D eigenvalue weighted by Crippen LogP contribution is -2.19. The molecule has 0 bridgehead atoms. The largest absolute Gasteiger partial charge is 0.381 e. The van der Waals surface area contributed by atoms with Crippen LogP contribution < -0.4 is 0 Å². The van der Waals surface area contributed by atoms with E-state index in [9.17, 15) is 12.8 Å². The van der Waals surface area contributed by atoms with Gasteiger partial charge in [-0.2, -0.15) is 5.10 Å². The van der Waals surface area contributed by atoms with Crippen molar-refractivity contribution in [3.63, 3.8) is 0 Å². The number of aromatic nitrogens is 3. The molecule has 3 heterocycles. The van der Waals surface area contributed by atoms with Gasteiger partial charge in [0.15, 0.2) is 9.84 Å². The van der Waals surface area contributed by atoms with Crippen LogP contribution in [0.25, 0.3) is 27.5 Å². The van der Waals surface area contributed by atoms with Crippen LogP contribution in [0.2, 0.25) is 0 Å². The molecular weight excluding hydrogens is 393 g/mol. The lowest BCUT2D eigenvalue weighted by molar-refractivity contribution is 0.0837. The topological polar surface area (TPSA) is 77.0 Å². The second-order valence-electron chi connectivity index (χ2n) is 7.51. The van der Waals surface area contributed by atoms with Crippen molar-refractivity contribution in [1.82, 2.24) is 14.8 Å². The third-order valence-corrected chi connectivity index (χ3v) is 6.75. The molecule has 150 valence electrons. The van der Waals surface area contributed by atoms with Gasteiger partial charge in [0.05, 0.1) is 22.1 Å². The van der Waals surface area contributed by atoms with Crippen LogP contribution >= 0.6 is 0 Å². The molecule has 0 radical (unpaired) electrons. The number of hydrogen-bond donors (Lipinski definition) is 1. The summed E-state index contributed by atoms with van der Waals surface area (Å²) in [5.74, 6) is -0.305. The summed E-state index contributed by atoms with van der Waals surface area (Å²) in [6.45, 7) is 1.17. The van der Waals surface area contributed by atoms with Crippen molar-refractivity contribution >= 4 is 31.6 Å². The number of nitrogens with zero attached hydrogens (tertiary/aromatic N) is 2. The summed E-state index contributed by atoms with van der Waals surface area (Å²) in [7, 11) is -3.53. The Balaban J connectivity index is 1.94. The highest BCUT2D eigenvalue weighted by Crippen LogP contribution is 2.41. The normalized spacial score (nSPS) is 16.1. The van der Waals surface area contributed by atoms with Gasteiger partial charge in [0.2, 0.25) is 0 Å². The Hall–Kier alpha value is -2.71. The average Bonchev–Trinajstić information content (AvgIpc) is 3.29. The fourth-order valence-corrected chi connectivity index (χ4v) is 5.51. The summed E-state index contributed by atoms with van der Waals surface area (Å²) in [6, 6.07) is 9.94. The number of sulfone groups is 1. The predicted molar refractivity (Wildman–Crippen MR) is 109 cm³/mol. The number of ether oxygens (including phenoxy) is 1. The van der Waals surface area contributed by atoms with Crippen LogP contribution in [0, 0.1) is 5.82 Å². The number of rotatable bonds is 3. The van der Waals surface area contributed by atoms with E-state index in [4.69, 9.17) is 4.74 Å². The molecule has 1 saturated heterocycles. The first kappa shape index (κ1) is 18.3. The minimum atomic E-state index is -3.53. The van der Waals surface area contributed by atoms with E-state index in [0.29, 0.717) is 23.5 Å². The van der Waals surface area contributed by atoms with Crippen LogP contribution in [0.5, 0.6) is 0 Å². The van der Waals surface area contributed by atoms with Gasteiger partial charge in [0.25, 0.3) is 0 Å². The molecule has 29 heavy (non-hydrogen) atoms. The van der Waals surface area contributed by atoms with Gasteiger partial charge in [-0.25, -0.2) is 12.8 Å². The van der Waals surface area contributed by atoms with Gasteiger partial charge in [-0.3, -0.25) is 5.10 Å². The molecule has 4 aromatic rings. The highest BCUT2D eigenvalue weighted by Gasteiger charge is 2.31. The van der Waals surface area contributed by atoms with Gasteiger partial charge in [0, 0.05) is 47.5 Å². The van der Waals surface area contributed by atoms with Crippen molar-refractivity contribution in [3.8, 4) is 5.69 Å². The van der Waals surface area contributed by atoms with Crippen LogP contribution in [-0.2, 0) is 14.6 Å². The van der Waals surface area contributed by atoms with E-state index < -0.39 is 9.84 Å². The van der Waals surface area contributed by atoms with E-state index in [1.807, 2.05) is 16.7 Å². The van der Waals surface area contributed by atoms with Crippen LogP contribution in [0.1, 0.15) is 24.5 Å². The second-order valence-corrected chi connectivity index (χ2v) is 9.46. The van der Waals surface area contributed by atoms with Gasteiger partial charge in [-0.15, -0.1) is 0 Å². The fourth-order valence-electron chi connectivity index (χ4n) is 4.31. The smallest absolute Gasteiger partial charge is 0.177 e. The summed E-state index contributed by atoms with van der Waals surface area (Å²) in [5, 5.41) is 8.53. The predicted octanol–water partition coefficient (Wildman–Crippen LogP) is 3.94. The summed E-state index contributed by atoms with van der Waals surface area (Å²) in [4.78, 5) is 0.334. The minimum Gasteiger partial charge on any atom is -0.381 e. The molecule has 1 aliphatic heterocycles. The zero-order chi connectivity index (χ0) is 20.2. The average molecular weight is 413 g/mol. The monoisotopic (exact) mass is 413 g/mol. The summed E-state index contributed by atoms with van der Waals surface area (Å²) < 4.78 is 47.0. The van der Waals surface area contributed by atoms with Gasteiger partial charge in [-0.1, -0.05) is 0 Å². The van der Waals surface area contributed by atoms with Crippen LogP contribution in [0.3, 0.4) is 0 Å². The van der Waals surface area contributed by atoms with Crippen molar-refractivity contribution in [2.24, 2.45) is 0 Å². The third-order valence-electron chi connectivity index (χ3n) is 5.58. The molecule has 0 saturated carbocycles. The Morgan fingerprint density at radius 1 is 1.17 bits per heavy atom. The maximum Gasteiger partial charge on any atom is 0.177 e. The number of hydrogen-bond acceptors (Lipinski definition) is 4. The lowest BCUT2D eigenvalue weighted by atomic mass is 9.96. The first-order valence-electron chi connectivity index (χ1n) is 9.48. The Morgan fingerprint density at radius 2 is 1.90 bits per heavy atom. The van der Waals surface area contributed by atoms with Crippen LogP contribution in [0.15, 0.2) is 47.5 Å². The molecule has 1 N–H and O–H groups in total. The quantitative estimate of drug-likeness (QED) is 0.552. The number of nitrogens with one attached hydrogen (secondary N) is 1. The molecule has 0 spiro atoms. The SMILES string of the molecule is CS(=O)(=O)c1c(C2CCOCC2)n(-c2ccc(F)cc2)c2cc3cn[nH]c3cc12. The number of H-pyrrole nitrogens is 1. The maximum absolute atomic E-state index is 13.6. The van der Waals surface area contributed by atoms with E-state index in [2.05, 4.69) is 10.2 Å². The van der Waals surface area contributed by atoms with Crippen molar-refractivity contribution in [2.45, 2.75) is 23.7 Å². The standard InChI is InChI=1S/C21H20FN3O3S/c1-29(26,27)21-17-11-18-14(12-23-24-18)10-19(17)25(16-4-2-15(22)3-5-16)20(21)13-6-8-28-9-7-13/h2-5,10-13H,6-9H2,1H3,(H,23,24). The van der Waals surface area contributed by atoms with Crippen LogP contribution in [0.4, 0.5) is 4.39 Å². The second kappa shape index (κ2) is 6.67. The van der Waals surface area contributed by atoms with E-state index in [1.165, 1.54) is 18.4 Å². The highest BCUT2D eigenvalue weighted by atomic mass is 32.2. The van der Waals surface area contributed by atoms with E-state index in [-0.39, 0.29) is 11.7 Å². The number of aromatic amines is 1. The van der Waals surface area contributed by atoms with E-state index in [0.717, 1.165) is 40.6 Å². The maximum atomic E-state index is 13.6. The zero-order valence-corrected chi connectivity index (χ0v) is 16.7. The van der Waals surface area contributed by atoms with E-state index in [1.54, 1.807) is 18.3 Å². The Kier molecular flexibility index (Phi) is 4.22. The van der Waals surface area contributed by atoms with Gasteiger partial charge in [-0.05, 0) is 49.2 Å². The molecule has 5 rings (SSSR count). The molecule has 1 aliphatic rings. The number of fused-ring (bicyclic) bond motifs is 2. The summed E-state index contributed by atoms with van der Waals surface area (Å²) in [6.07, 6.45) is 4.43. The van der Waals surface area contributed by atoms with Gasteiger partial charge >= 0.3 is 0 Å². The Morgan fingerprint density at radius 3 is 2.59 bits per heavy atom. The summed E-state index contributed by atoms with van der Waals surface area (Å²) >= 11 is 0. The number of halogens is 1. The molecule has 0 unspecified atom stereocenters. The van der Waals surface area contributed by atoms with Crippen molar-refractivity contribution in [2.75, 3.05) is 19.5 Å². The molecule has 0 aliphatic carbocycles. The minimum absolute atomic E-state index is 0.0300. The molecule has 2 aromatic carbocycles. The number of benzene rings is 2. The first-order chi connectivity index (χ1) is 13.9. The van der Waals surface area contributed by atoms with Crippen molar-refractivity contribution < 1.29 is 17.5 Å². The van der Waals surface area contributed by atoms with Crippen LogP contribution in [-0.4, -0.2) is 42.7 Å². The fraction of sp³-hybridized carbons (Fsp3) is 0.286. The van der Waals surface area contributed by atoms with Crippen molar-refractivity contribution in [3.05, 3.63) is 54.1 Å². The first-order valence-corrected chi connectivity index (χ1v) is 11.4. The molecule has 1 fully saturated rings. The van der Waals surface area contributed by atoms with Gasteiger partial charge in [0.1, 0.15) is 5.82 Å². The lowest BCUT2D eigenvalue weighted by Gasteiger charge is -2.25. The molecule has 0 amide bonds. The molecule has 6 nitrogen and oxygen atoms in total. The third kappa shape index (κ3) is 3.03.